The third-order valence-electron chi connectivity index (χ3n) is 4.08. The molecule has 0 saturated carbocycles. The van der Waals surface area contributed by atoms with Crippen LogP contribution in [0.2, 0.25) is 0 Å². The van der Waals surface area contributed by atoms with Gasteiger partial charge in [-0.2, -0.15) is 0 Å². The molecule has 0 radical (unpaired) electrons. The predicted octanol–water partition coefficient (Wildman–Crippen LogP) is 1.38. The fourth-order valence-electron chi connectivity index (χ4n) is 2.95. The van der Waals surface area contributed by atoms with E-state index in [1.165, 1.54) is 0 Å². The minimum Gasteiger partial charge on any atom is -0.398 e. The Morgan fingerprint density at radius 2 is 2.05 bits per heavy atom. The number of ketones is 1. The van der Waals surface area contributed by atoms with Gasteiger partial charge in [-0.1, -0.05) is 17.7 Å². The number of rotatable bonds is 2. The number of carbonyl (C=O) groups is 3. The van der Waals surface area contributed by atoms with Crippen molar-refractivity contribution in [3.63, 3.8) is 0 Å². The van der Waals surface area contributed by atoms with Gasteiger partial charge in [0.2, 0.25) is 11.8 Å². The minimum absolute atomic E-state index is 0.0640. The molecule has 1 saturated heterocycles. The summed E-state index contributed by atoms with van der Waals surface area (Å²) < 4.78 is 0. The summed E-state index contributed by atoms with van der Waals surface area (Å²) in [5.74, 6) is -0.773. The molecule has 3 rings (SSSR count). The van der Waals surface area contributed by atoms with Crippen LogP contribution in [-0.4, -0.2) is 17.6 Å². The molecule has 0 spiro atoms. The van der Waals surface area contributed by atoms with Crippen molar-refractivity contribution < 1.29 is 14.4 Å². The van der Waals surface area contributed by atoms with Gasteiger partial charge in [-0.25, -0.2) is 0 Å². The van der Waals surface area contributed by atoms with Crippen LogP contribution in [0, 0.1) is 5.92 Å². The van der Waals surface area contributed by atoms with E-state index in [1.54, 1.807) is 24.3 Å². The molecule has 1 aliphatic heterocycles. The van der Waals surface area contributed by atoms with Crippen LogP contribution >= 0.6 is 0 Å². The zero-order chi connectivity index (χ0) is 15.0. The second-order valence-electron chi connectivity index (χ2n) is 5.57. The number of anilines is 1. The Kier molecular flexibility index (Phi) is 3.33. The van der Waals surface area contributed by atoms with Crippen molar-refractivity contribution in [1.82, 2.24) is 5.32 Å². The second-order valence-corrected chi connectivity index (χ2v) is 5.57. The van der Waals surface area contributed by atoms with E-state index in [0.29, 0.717) is 36.9 Å². The van der Waals surface area contributed by atoms with Gasteiger partial charge in [0.25, 0.3) is 0 Å². The summed E-state index contributed by atoms with van der Waals surface area (Å²) >= 11 is 0. The van der Waals surface area contributed by atoms with Crippen molar-refractivity contribution in [2.75, 3.05) is 5.73 Å². The molecule has 2 amide bonds. The average Bonchev–Trinajstić information content (AvgIpc) is 2.43. The van der Waals surface area contributed by atoms with Crippen LogP contribution in [0.1, 0.15) is 35.2 Å². The molecule has 3 N–H and O–H groups in total. The first-order valence-corrected chi connectivity index (χ1v) is 6.99. The number of nitrogens with one attached hydrogen (secondary N) is 1. The maximum atomic E-state index is 12.1. The molecular weight excluding hydrogens is 268 g/mol. The molecule has 1 unspecified atom stereocenters. The highest BCUT2D eigenvalue weighted by molar-refractivity contribution is 6.08. The fourth-order valence-corrected chi connectivity index (χ4v) is 2.95. The molecular formula is C16H16N2O3. The molecule has 1 atom stereocenters. The Bertz CT molecular complexity index is 676. The number of benzene rings is 1. The second kappa shape index (κ2) is 5.16. The van der Waals surface area contributed by atoms with Crippen LogP contribution in [-0.2, 0) is 16.0 Å². The number of amides is 2. The van der Waals surface area contributed by atoms with Gasteiger partial charge in [-0.3, -0.25) is 19.7 Å². The molecule has 0 bridgehead atoms. The van der Waals surface area contributed by atoms with Gasteiger partial charge < -0.3 is 5.73 Å². The monoisotopic (exact) mass is 284 g/mol. The Morgan fingerprint density at radius 3 is 2.81 bits per heavy atom. The zero-order valence-electron chi connectivity index (χ0n) is 11.5. The van der Waals surface area contributed by atoms with Gasteiger partial charge in [-0.15, -0.1) is 0 Å². The van der Waals surface area contributed by atoms with Crippen LogP contribution in [0.3, 0.4) is 0 Å². The number of fused-ring (bicyclic) bond motifs is 1. The summed E-state index contributed by atoms with van der Waals surface area (Å²) in [6.07, 6.45) is 3.58. The van der Waals surface area contributed by atoms with E-state index in [9.17, 15) is 14.4 Å². The van der Waals surface area contributed by atoms with Crippen LogP contribution in [0.15, 0.2) is 29.8 Å². The van der Waals surface area contributed by atoms with Gasteiger partial charge >= 0.3 is 0 Å². The number of allylic oxidation sites excluding steroid dienone is 2. The van der Waals surface area contributed by atoms with Gasteiger partial charge in [0.1, 0.15) is 0 Å². The first kappa shape index (κ1) is 13.5. The summed E-state index contributed by atoms with van der Waals surface area (Å²) in [7, 11) is 0. The van der Waals surface area contributed by atoms with Crippen molar-refractivity contribution in [3.05, 3.63) is 41.0 Å². The molecule has 5 heteroatoms. The largest absolute Gasteiger partial charge is 0.398 e. The number of hydrogen-bond acceptors (Lipinski definition) is 4. The molecule has 0 aromatic heterocycles. The van der Waals surface area contributed by atoms with Crippen molar-refractivity contribution in [1.29, 1.82) is 0 Å². The molecule has 1 aromatic rings. The topological polar surface area (TPSA) is 89.3 Å². The summed E-state index contributed by atoms with van der Waals surface area (Å²) in [6.45, 7) is 0. The van der Waals surface area contributed by atoms with Gasteiger partial charge in [0, 0.05) is 23.6 Å². The van der Waals surface area contributed by atoms with Gasteiger partial charge in [-0.05, 0) is 37.0 Å². The first-order chi connectivity index (χ1) is 10.0. The number of imide groups is 1. The fraction of sp³-hybridized carbons (Fsp3) is 0.312. The highest BCUT2D eigenvalue weighted by Gasteiger charge is 2.29. The molecule has 2 aliphatic rings. The summed E-state index contributed by atoms with van der Waals surface area (Å²) in [5.41, 5.74) is 8.93. The van der Waals surface area contributed by atoms with E-state index < -0.39 is 0 Å². The lowest BCUT2D eigenvalue weighted by Crippen LogP contribution is -2.41. The minimum atomic E-state index is -0.244. The maximum absolute atomic E-state index is 12.1. The van der Waals surface area contributed by atoms with Gasteiger partial charge in [0.15, 0.2) is 5.78 Å². The first-order valence-electron chi connectivity index (χ1n) is 6.99. The quantitative estimate of drug-likeness (QED) is 0.634. The third-order valence-corrected chi connectivity index (χ3v) is 4.08. The Labute approximate surface area is 122 Å². The van der Waals surface area contributed by atoms with E-state index in [4.69, 9.17) is 5.73 Å². The van der Waals surface area contributed by atoms with Crippen molar-refractivity contribution in [3.8, 4) is 0 Å². The lowest BCUT2D eigenvalue weighted by molar-refractivity contribution is -0.136. The van der Waals surface area contributed by atoms with Crippen molar-refractivity contribution >= 4 is 23.3 Å². The lowest BCUT2D eigenvalue weighted by Gasteiger charge is -2.24. The summed E-state index contributed by atoms with van der Waals surface area (Å²) in [4.78, 5) is 35.1. The smallest absolute Gasteiger partial charge is 0.229 e. The SMILES string of the molecule is Nc1cccc2c1CC(CC1CCC(=O)NC1=O)=CC2=O. The molecule has 21 heavy (non-hydrogen) atoms. The number of nitrogen functional groups attached to an aromatic ring is 1. The normalized spacial score (nSPS) is 21.6. The molecule has 1 heterocycles. The Balaban J connectivity index is 1.79. The molecule has 1 aliphatic carbocycles. The van der Waals surface area contributed by atoms with Crippen LogP contribution in [0.25, 0.3) is 0 Å². The molecule has 5 nitrogen and oxygen atoms in total. The molecule has 1 aromatic carbocycles. The van der Waals surface area contributed by atoms with Gasteiger partial charge in [0.05, 0.1) is 0 Å². The van der Waals surface area contributed by atoms with Crippen LogP contribution < -0.4 is 11.1 Å². The lowest BCUT2D eigenvalue weighted by atomic mass is 9.83. The summed E-state index contributed by atoms with van der Waals surface area (Å²) in [5, 5.41) is 2.35. The van der Waals surface area contributed by atoms with Crippen LogP contribution in [0.5, 0.6) is 0 Å². The van der Waals surface area contributed by atoms with Crippen molar-refractivity contribution in [2.45, 2.75) is 25.7 Å². The number of nitrogens with two attached hydrogens (primary N) is 1. The highest BCUT2D eigenvalue weighted by Crippen LogP contribution is 2.30. The zero-order valence-corrected chi connectivity index (χ0v) is 11.5. The average molecular weight is 284 g/mol. The highest BCUT2D eigenvalue weighted by atomic mass is 16.2. The third kappa shape index (κ3) is 2.59. The van der Waals surface area contributed by atoms with E-state index in [2.05, 4.69) is 5.32 Å². The van der Waals surface area contributed by atoms with Crippen LogP contribution in [0.4, 0.5) is 5.69 Å². The molecule has 108 valence electrons. The van der Waals surface area contributed by atoms with E-state index in [1.807, 2.05) is 0 Å². The van der Waals surface area contributed by atoms with E-state index in [-0.39, 0.29) is 23.5 Å². The summed E-state index contributed by atoms with van der Waals surface area (Å²) in [6, 6.07) is 5.32. The Morgan fingerprint density at radius 1 is 1.24 bits per heavy atom. The number of hydrogen-bond donors (Lipinski definition) is 2. The number of carbonyl (C=O) groups excluding carboxylic acids is 3. The Hall–Kier alpha value is -2.43. The van der Waals surface area contributed by atoms with E-state index in [0.717, 1.165) is 11.1 Å². The standard InChI is InChI=1S/C16H16N2O3/c17-13-3-1-2-11-12(13)7-9(8-14(11)19)6-10-4-5-15(20)18-16(10)21/h1-3,8,10H,4-7,17H2,(H,18,20,21). The predicted molar refractivity (Wildman–Crippen MR) is 77.5 cm³/mol. The van der Waals surface area contributed by atoms with Crippen molar-refractivity contribution in [2.24, 2.45) is 5.92 Å². The van der Waals surface area contributed by atoms with E-state index >= 15 is 0 Å². The number of piperidine rings is 1. The maximum Gasteiger partial charge on any atom is 0.229 e. The molecule has 1 fully saturated rings.